The molecule has 0 unspecified atom stereocenters. The molecular formula is C13H24N4O2. The van der Waals surface area contributed by atoms with Crippen molar-refractivity contribution in [2.75, 3.05) is 39.9 Å². The average molecular weight is 268 g/mol. The van der Waals surface area contributed by atoms with Crippen molar-refractivity contribution in [2.24, 2.45) is 0 Å². The molecule has 1 saturated heterocycles. The molecule has 1 aliphatic heterocycles. The van der Waals surface area contributed by atoms with Crippen LogP contribution in [0.15, 0.2) is 4.52 Å². The number of methoxy groups -OCH3 is 1. The number of piperazine rings is 1. The summed E-state index contributed by atoms with van der Waals surface area (Å²) in [7, 11) is 1.70. The van der Waals surface area contributed by atoms with E-state index < -0.39 is 0 Å². The van der Waals surface area contributed by atoms with Gasteiger partial charge in [0.05, 0.1) is 5.54 Å². The Kier molecular flexibility index (Phi) is 4.90. The van der Waals surface area contributed by atoms with Crippen molar-refractivity contribution in [3.8, 4) is 0 Å². The number of ether oxygens (including phenoxy) is 1. The highest BCUT2D eigenvalue weighted by Crippen LogP contribution is 2.25. The van der Waals surface area contributed by atoms with E-state index in [0.717, 1.165) is 51.5 Å². The van der Waals surface area contributed by atoms with Crippen LogP contribution in [0, 0.1) is 0 Å². The fraction of sp³-hybridized carbons (Fsp3) is 0.846. The quantitative estimate of drug-likeness (QED) is 0.770. The van der Waals surface area contributed by atoms with Crippen LogP contribution >= 0.6 is 0 Å². The number of hydrogen-bond donors (Lipinski definition) is 1. The highest BCUT2D eigenvalue weighted by atomic mass is 16.5. The van der Waals surface area contributed by atoms with Crippen molar-refractivity contribution < 1.29 is 9.26 Å². The molecular weight excluding hydrogens is 244 g/mol. The third-order valence-corrected chi connectivity index (χ3v) is 3.66. The van der Waals surface area contributed by atoms with Gasteiger partial charge in [-0.15, -0.1) is 0 Å². The van der Waals surface area contributed by atoms with Crippen LogP contribution < -0.4 is 5.32 Å². The van der Waals surface area contributed by atoms with E-state index >= 15 is 0 Å². The highest BCUT2D eigenvalue weighted by molar-refractivity contribution is 5.03. The number of nitrogens with zero attached hydrogens (tertiary/aromatic N) is 3. The lowest BCUT2D eigenvalue weighted by molar-refractivity contribution is 0.0924. The second-order valence-corrected chi connectivity index (χ2v) is 5.40. The lowest BCUT2D eigenvalue weighted by Crippen LogP contribution is -2.52. The fourth-order valence-corrected chi connectivity index (χ4v) is 2.34. The first-order valence-electron chi connectivity index (χ1n) is 6.92. The molecule has 0 bridgehead atoms. The maximum absolute atomic E-state index is 5.33. The predicted octanol–water partition coefficient (Wildman–Crippen LogP) is 0.789. The van der Waals surface area contributed by atoms with E-state index in [2.05, 4.69) is 34.2 Å². The second-order valence-electron chi connectivity index (χ2n) is 5.40. The van der Waals surface area contributed by atoms with Gasteiger partial charge in [0.15, 0.2) is 5.82 Å². The number of hydrogen-bond acceptors (Lipinski definition) is 6. The molecule has 19 heavy (non-hydrogen) atoms. The third-order valence-electron chi connectivity index (χ3n) is 3.66. The summed E-state index contributed by atoms with van der Waals surface area (Å²) in [5.41, 5.74) is -0.175. The first-order chi connectivity index (χ1) is 9.14. The van der Waals surface area contributed by atoms with Gasteiger partial charge in [0.1, 0.15) is 0 Å². The smallest absolute Gasteiger partial charge is 0.226 e. The summed E-state index contributed by atoms with van der Waals surface area (Å²) in [4.78, 5) is 6.93. The van der Waals surface area contributed by atoms with Gasteiger partial charge in [-0.2, -0.15) is 4.98 Å². The Morgan fingerprint density at radius 1 is 1.37 bits per heavy atom. The molecule has 0 amide bonds. The maximum Gasteiger partial charge on any atom is 0.226 e. The van der Waals surface area contributed by atoms with Crippen molar-refractivity contribution in [1.82, 2.24) is 20.4 Å². The van der Waals surface area contributed by atoms with Crippen LogP contribution in [0.5, 0.6) is 0 Å². The van der Waals surface area contributed by atoms with Crippen molar-refractivity contribution in [3.05, 3.63) is 11.7 Å². The predicted molar refractivity (Wildman–Crippen MR) is 72.0 cm³/mol. The molecule has 1 N–H and O–H groups in total. The summed E-state index contributed by atoms with van der Waals surface area (Å²) in [6.45, 7) is 9.09. The van der Waals surface area contributed by atoms with E-state index in [1.807, 2.05) is 0 Å². The Bertz CT molecular complexity index is 386. The summed E-state index contributed by atoms with van der Waals surface area (Å²) in [5, 5.41) is 7.51. The lowest BCUT2D eigenvalue weighted by atomic mass is 10.0. The van der Waals surface area contributed by atoms with E-state index in [4.69, 9.17) is 9.26 Å². The molecule has 6 heteroatoms. The van der Waals surface area contributed by atoms with Gasteiger partial charge in [-0.05, 0) is 20.3 Å². The average Bonchev–Trinajstić information content (AvgIpc) is 2.90. The molecule has 108 valence electrons. The standard InChI is InChI=1S/C13H24N4O2/c1-13(2,17-8-6-14-7-9-17)12-15-11(19-16-12)5-4-10-18-3/h14H,4-10H2,1-3H3. The zero-order valence-electron chi connectivity index (χ0n) is 12.1. The minimum atomic E-state index is -0.175. The van der Waals surface area contributed by atoms with Gasteiger partial charge in [-0.25, -0.2) is 0 Å². The van der Waals surface area contributed by atoms with Crippen LogP contribution in [0.3, 0.4) is 0 Å². The molecule has 1 aliphatic rings. The van der Waals surface area contributed by atoms with Gasteiger partial charge in [0.25, 0.3) is 0 Å². The van der Waals surface area contributed by atoms with E-state index in [0.29, 0.717) is 5.89 Å². The van der Waals surface area contributed by atoms with E-state index in [1.54, 1.807) is 7.11 Å². The van der Waals surface area contributed by atoms with Gasteiger partial charge in [-0.3, -0.25) is 4.90 Å². The minimum absolute atomic E-state index is 0.175. The summed E-state index contributed by atoms with van der Waals surface area (Å²) < 4.78 is 10.4. The molecule has 0 saturated carbocycles. The molecule has 0 atom stereocenters. The molecule has 1 fully saturated rings. The number of aryl methyl sites for hydroxylation is 1. The molecule has 0 aliphatic carbocycles. The van der Waals surface area contributed by atoms with Gasteiger partial charge in [0, 0.05) is 46.3 Å². The van der Waals surface area contributed by atoms with Gasteiger partial charge in [0.2, 0.25) is 5.89 Å². The molecule has 6 nitrogen and oxygen atoms in total. The molecule has 1 aromatic heterocycles. The Morgan fingerprint density at radius 2 is 2.11 bits per heavy atom. The Morgan fingerprint density at radius 3 is 2.79 bits per heavy atom. The third kappa shape index (κ3) is 3.52. The Hall–Kier alpha value is -0.980. The van der Waals surface area contributed by atoms with Crippen LogP contribution in [-0.4, -0.2) is 54.9 Å². The van der Waals surface area contributed by atoms with E-state index in [9.17, 15) is 0 Å². The van der Waals surface area contributed by atoms with Crippen LogP contribution in [-0.2, 0) is 16.7 Å². The summed E-state index contributed by atoms with van der Waals surface area (Å²) in [6, 6.07) is 0. The SMILES string of the molecule is COCCCc1nc(C(C)(C)N2CCNCC2)no1. The van der Waals surface area contributed by atoms with Crippen molar-refractivity contribution >= 4 is 0 Å². The van der Waals surface area contributed by atoms with Gasteiger partial charge < -0.3 is 14.6 Å². The topological polar surface area (TPSA) is 63.4 Å². The highest BCUT2D eigenvalue weighted by Gasteiger charge is 2.34. The second kappa shape index (κ2) is 6.45. The van der Waals surface area contributed by atoms with Crippen LogP contribution in [0.2, 0.25) is 0 Å². The molecule has 2 rings (SSSR count). The summed E-state index contributed by atoms with van der Waals surface area (Å²) in [5.74, 6) is 1.48. The number of aromatic nitrogens is 2. The fourth-order valence-electron chi connectivity index (χ4n) is 2.34. The monoisotopic (exact) mass is 268 g/mol. The van der Waals surface area contributed by atoms with Crippen LogP contribution in [0.25, 0.3) is 0 Å². The molecule has 0 radical (unpaired) electrons. The largest absolute Gasteiger partial charge is 0.385 e. The molecule has 2 heterocycles. The Balaban J connectivity index is 1.99. The molecule has 1 aromatic rings. The Labute approximate surface area is 114 Å². The number of nitrogens with one attached hydrogen (secondary N) is 1. The summed E-state index contributed by atoms with van der Waals surface area (Å²) in [6.07, 6.45) is 1.69. The van der Waals surface area contributed by atoms with Crippen molar-refractivity contribution in [2.45, 2.75) is 32.2 Å². The lowest BCUT2D eigenvalue weighted by Gasteiger charge is -2.38. The van der Waals surface area contributed by atoms with Crippen LogP contribution in [0.1, 0.15) is 32.0 Å². The molecule has 0 spiro atoms. The molecule has 0 aromatic carbocycles. The maximum atomic E-state index is 5.33. The first-order valence-corrected chi connectivity index (χ1v) is 6.92. The summed E-state index contributed by atoms with van der Waals surface area (Å²) >= 11 is 0. The number of rotatable bonds is 6. The van der Waals surface area contributed by atoms with Gasteiger partial charge >= 0.3 is 0 Å². The van der Waals surface area contributed by atoms with Gasteiger partial charge in [-0.1, -0.05) is 5.16 Å². The van der Waals surface area contributed by atoms with Crippen LogP contribution in [0.4, 0.5) is 0 Å². The zero-order chi connectivity index (χ0) is 13.7. The van der Waals surface area contributed by atoms with Crippen molar-refractivity contribution in [1.29, 1.82) is 0 Å². The van der Waals surface area contributed by atoms with E-state index in [-0.39, 0.29) is 5.54 Å². The normalized spacial score (nSPS) is 17.8. The minimum Gasteiger partial charge on any atom is -0.385 e. The zero-order valence-corrected chi connectivity index (χ0v) is 12.1. The van der Waals surface area contributed by atoms with Crippen molar-refractivity contribution in [3.63, 3.8) is 0 Å². The first kappa shape index (κ1) is 14.4. The van der Waals surface area contributed by atoms with E-state index in [1.165, 1.54) is 0 Å².